The van der Waals surface area contributed by atoms with Crippen LogP contribution < -0.4 is 10.2 Å². The summed E-state index contributed by atoms with van der Waals surface area (Å²) >= 11 is 0. The molecule has 25 heavy (non-hydrogen) atoms. The third-order valence-electron chi connectivity index (χ3n) is 4.27. The van der Waals surface area contributed by atoms with Gasteiger partial charge >= 0.3 is 18.2 Å². The van der Waals surface area contributed by atoms with Gasteiger partial charge in [-0.2, -0.15) is 13.2 Å². The van der Waals surface area contributed by atoms with E-state index in [1.165, 1.54) is 0 Å². The summed E-state index contributed by atoms with van der Waals surface area (Å²) in [5.74, 6) is -5.21. The molecular weight excluding hydrogens is 339 g/mol. The summed E-state index contributed by atoms with van der Waals surface area (Å²) in [4.78, 5) is 25.9. The molecule has 1 aromatic carbocycles. The molecule has 0 radical (unpaired) electrons. The Labute approximate surface area is 143 Å². The van der Waals surface area contributed by atoms with Gasteiger partial charge in [-0.25, -0.2) is 4.79 Å². The molecule has 0 aliphatic carbocycles. The first-order chi connectivity index (χ1) is 11.7. The van der Waals surface area contributed by atoms with Crippen molar-refractivity contribution in [3.63, 3.8) is 0 Å². The van der Waals surface area contributed by atoms with Gasteiger partial charge in [0.2, 0.25) is 0 Å². The number of nitrogens with zero attached hydrogens (tertiary/aromatic N) is 2. The highest BCUT2D eigenvalue weighted by atomic mass is 19.4. The minimum absolute atomic E-state index is 0.231. The number of halogens is 3. The van der Waals surface area contributed by atoms with Gasteiger partial charge in [0, 0.05) is 38.9 Å². The number of anilines is 1. The van der Waals surface area contributed by atoms with Crippen molar-refractivity contribution in [1.82, 2.24) is 10.2 Å². The van der Waals surface area contributed by atoms with Crippen LogP contribution in [0.2, 0.25) is 0 Å². The first-order valence-corrected chi connectivity index (χ1v) is 7.78. The fourth-order valence-corrected chi connectivity index (χ4v) is 2.81. The Hall–Kier alpha value is -2.45. The molecule has 0 aromatic heterocycles. The van der Waals surface area contributed by atoms with Crippen LogP contribution in [0.3, 0.4) is 0 Å². The highest BCUT2D eigenvalue weighted by Crippen LogP contribution is 2.37. The molecule has 1 heterocycles. The van der Waals surface area contributed by atoms with E-state index >= 15 is 0 Å². The number of carbonyl (C=O) groups excluding carboxylic acids is 1. The Morgan fingerprint density at radius 3 is 2.44 bits per heavy atom. The van der Waals surface area contributed by atoms with Crippen LogP contribution in [-0.4, -0.2) is 61.4 Å². The second-order valence-corrected chi connectivity index (χ2v) is 5.99. The summed E-state index contributed by atoms with van der Waals surface area (Å²) in [6, 6.07) is 8.74. The Morgan fingerprint density at radius 2 is 1.92 bits per heavy atom. The van der Waals surface area contributed by atoms with Crippen LogP contribution >= 0.6 is 0 Å². The van der Waals surface area contributed by atoms with Crippen LogP contribution in [0.25, 0.3) is 0 Å². The van der Waals surface area contributed by atoms with E-state index in [-0.39, 0.29) is 6.54 Å². The van der Waals surface area contributed by atoms with Crippen LogP contribution in [0, 0.1) is 11.8 Å². The molecule has 1 aromatic rings. The Morgan fingerprint density at radius 1 is 1.28 bits per heavy atom. The minimum Gasteiger partial charge on any atom is -0.481 e. The van der Waals surface area contributed by atoms with E-state index in [0.29, 0.717) is 6.54 Å². The second-order valence-electron chi connectivity index (χ2n) is 5.99. The number of amides is 2. The summed E-state index contributed by atoms with van der Waals surface area (Å²) in [5, 5.41) is 11.5. The molecule has 1 aliphatic rings. The van der Waals surface area contributed by atoms with Crippen molar-refractivity contribution in [2.24, 2.45) is 11.8 Å². The number of carboxylic acid groups (broad SMARTS) is 1. The molecule has 2 amide bonds. The van der Waals surface area contributed by atoms with Crippen LogP contribution in [0.15, 0.2) is 30.3 Å². The van der Waals surface area contributed by atoms with E-state index in [0.717, 1.165) is 10.6 Å². The van der Waals surface area contributed by atoms with Gasteiger partial charge in [-0.15, -0.1) is 0 Å². The molecule has 0 unspecified atom stereocenters. The Bertz CT molecular complexity index is 610. The zero-order valence-electron chi connectivity index (χ0n) is 13.7. The molecule has 9 heteroatoms. The van der Waals surface area contributed by atoms with Crippen LogP contribution in [-0.2, 0) is 4.79 Å². The zero-order chi connectivity index (χ0) is 18.6. The molecule has 2 N–H and O–H groups in total. The third-order valence-corrected chi connectivity index (χ3v) is 4.27. The maximum Gasteiger partial charge on any atom is 0.394 e. The molecular formula is C16H20F3N3O3. The minimum atomic E-state index is -4.65. The monoisotopic (exact) mass is 359 g/mol. The molecule has 1 fully saturated rings. The maximum absolute atomic E-state index is 12.9. The lowest BCUT2D eigenvalue weighted by Gasteiger charge is -2.21. The normalized spacial score (nSPS) is 20.4. The standard InChI is InChI=1S/C16H20F3N3O3/c1-21(11-5-3-2-4-6-11)8-7-20-15(25)22-9-12(14(23)24)13(10-22)16(17,18)19/h2-6,12-13H,7-10H2,1H3,(H,20,25)(H,23,24)/t12-,13-/m1/s1. The van der Waals surface area contributed by atoms with Crippen LogP contribution in [0.4, 0.5) is 23.7 Å². The number of carboxylic acids is 1. The van der Waals surface area contributed by atoms with E-state index in [1.54, 1.807) is 0 Å². The van der Waals surface area contributed by atoms with Crippen molar-refractivity contribution in [3.8, 4) is 0 Å². The summed E-state index contributed by atoms with van der Waals surface area (Å²) in [6.07, 6.45) is -4.65. The molecule has 2 atom stereocenters. The number of rotatable bonds is 5. The average Bonchev–Trinajstić information content (AvgIpc) is 3.01. The summed E-state index contributed by atoms with van der Waals surface area (Å²) < 4.78 is 38.8. The average molecular weight is 359 g/mol. The predicted octanol–water partition coefficient (Wildman–Crippen LogP) is 2.03. The molecule has 0 spiro atoms. The lowest BCUT2D eigenvalue weighted by Crippen LogP contribution is -2.42. The maximum atomic E-state index is 12.9. The molecule has 2 rings (SSSR count). The van der Waals surface area contributed by atoms with E-state index in [1.807, 2.05) is 42.3 Å². The van der Waals surface area contributed by atoms with E-state index in [9.17, 15) is 22.8 Å². The lowest BCUT2D eigenvalue weighted by atomic mass is 9.96. The third kappa shape index (κ3) is 4.77. The number of para-hydroxylation sites is 1. The zero-order valence-corrected chi connectivity index (χ0v) is 13.7. The largest absolute Gasteiger partial charge is 0.481 e. The number of aliphatic carboxylic acids is 1. The van der Waals surface area contributed by atoms with Crippen molar-refractivity contribution in [2.75, 3.05) is 38.1 Å². The van der Waals surface area contributed by atoms with Gasteiger partial charge in [0.1, 0.15) is 0 Å². The smallest absolute Gasteiger partial charge is 0.394 e. The molecule has 1 saturated heterocycles. The predicted molar refractivity (Wildman–Crippen MR) is 85.4 cm³/mol. The fraction of sp³-hybridized carbons (Fsp3) is 0.500. The van der Waals surface area contributed by atoms with E-state index in [2.05, 4.69) is 5.32 Å². The number of likely N-dealkylation sites (N-methyl/N-ethyl adjacent to an activating group) is 1. The van der Waals surface area contributed by atoms with E-state index < -0.39 is 43.1 Å². The van der Waals surface area contributed by atoms with Gasteiger partial charge in [0.25, 0.3) is 0 Å². The summed E-state index contributed by atoms with van der Waals surface area (Å²) in [7, 11) is 1.83. The number of hydrogen-bond acceptors (Lipinski definition) is 3. The van der Waals surface area contributed by atoms with Gasteiger partial charge in [0.05, 0.1) is 11.8 Å². The van der Waals surface area contributed by atoms with Crippen molar-refractivity contribution in [1.29, 1.82) is 0 Å². The Balaban J connectivity index is 1.86. The highest BCUT2D eigenvalue weighted by molar-refractivity contribution is 5.77. The van der Waals surface area contributed by atoms with E-state index in [4.69, 9.17) is 5.11 Å². The van der Waals surface area contributed by atoms with Crippen molar-refractivity contribution >= 4 is 17.7 Å². The highest BCUT2D eigenvalue weighted by Gasteiger charge is 2.53. The van der Waals surface area contributed by atoms with Crippen molar-refractivity contribution in [3.05, 3.63) is 30.3 Å². The van der Waals surface area contributed by atoms with Gasteiger partial charge in [-0.3, -0.25) is 4.79 Å². The quantitative estimate of drug-likeness (QED) is 0.844. The van der Waals surface area contributed by atoms with Gasteiger partial charge < -0.3 is 20.2 Å². The summed E-state index contributed by atoms with van der Waals surface area (Å²) in [5.41, 5.74) is 0.945. The first kappa shape index (κ1) is 18.9. The lowest BCUT2D eigenvalue weighted by molar-refractivity contribution is -0.187. The number of benzene rings is 1. The summed E-state index contributed by atoms with van der Waals surface area (Å²) in [6.45, 7) is -0.384. The fourth-order valence-electron chi connectivity index (χ4n) is 2.81. The molecule has 138 valence electrons. The van der Waals surface area contributed by atoms with Crippen molar-refractivity contribution < 1.29 is 27.9 Å². The number of nitrogens with one attached hydrogen (secondary N) is 1. The molecule has 1 aliphatic heterocycles. The van der Waals surface area contributed by atoms with Crippen LogP contribution in [0.5, 0.6) is 0 Å². The van der Waals surface area contributed by atoms with Crippen molar-refractivity contribution in [2.45, 2.75) is 6.18 Å². The van der Waals surface area contributed by atoms with Gasteiger partial charge in [-0.05, 0) is 12.1 Å². The first-order valence-electron chi connectivity index (χ1n) is 7.78. The number of carbonyl (C=O) groups is 2. The molecule has 0 saturated carbocycles. The number of likely N-dealkylation sites (tertiary alicyclic amines) is 1. The van der Waals surface area contributed by atoms with Crippen LogP contribution in [0.1, 0.15) is 0 Å². The number of alkyl halides is 3. The molecule has 0 bridgehead atoms. The SMILES string of the molecule is CN(CCNC(=O)N1C[C@@H](C(F)(F)F)[C@H](C(=O)O)C1)c1ccccc1. The number of hydrogen-bond donors (Lipinski definition) is 2. The second kappa shape index (κ2) is 7.62. The molecule has 6 nitrogen and oxygen atoms in total. The topological polar surface area (TPSA) is 72.9 Å². The van der Waals surface area contributed by atoms with Gasteiger partial charge in [0.15, 0.2) is 0 Å². The number of urea groups is 1. The van der Waals surface area contributed by atoms with Gasteiger partial charge in [-0.1, -0.05) is 18.2 Å². The Kier molecular flexibility index (Phi) is 5.76.